The summed E-state index contributed by atoms with van der Waals surface area (Å²) in [5.74, 6) is -1.24. The van der Waals surface area contributed by atoms with Gasteiger partial charge in [0.2, 0.25) is 5.82 Å². The third-order valence-electron chi connectivity index (χ3n) is 6.93. The van der Waals surface area contributed by atoms with Gasteiger partial charge in [0.1, 0.15) is 0 Å². The van der Waals surface area contributed by atoms with Crippen LogP contribution in [0.15, 0.2) is 78.9 Å². The van der Waals surface area contributed by atoms with Crippen molar-refractivity contribution in [3.05, 3.63) is 107 Å². The first-order valence-electron chi connectivity index (χ1n) is 13.2. The third kappa shape index (κ3) is 6.51. The first-order chi connectivity index (χ1) is 17.6. The lowest BCUT2D eigenvalue weighted by atomic mass is 9.86. The highest BCUT2D eigenvalue weighted by molar-refractivity contribution is 5.67. The zero-order chi connectivity index (χ0) is 25.3. The van der Waals surface area contributed by atoms with Crippen LogP contribution >= 0.6 is 0 Å². The van der Waals surface area contributed by atoms with E-state index in [4.69, 9.17) is 4.74 Å². The predicted molar refractivity (Wildman–Crippen MR) is 146 cm³/mol. The van der Waals surface area contributed by atoms with E-state index in [-0.39, 0.29) is 11.3 Å². The lowest BCUT2D eigenvalue weighted by Crippen LogP contribution is -2.02. The van der Waals surface area contributed by atoms with E-state index in [9.17, 15) is 8.78 Å². The van der Waals surface area contributed by atoms with Gasteiger partial charge < -0.3 is 4.74 Å². The van der Waals surface area contributed by atoms with Crippen LogP contribution in [0.2, 0.25) is 0 Å². The highest BCUT2D eigenvalue weighted by atomic mass is 19.2. The summed E-state index contributed by atoms with van der Waals surface area (Å²) >= 11 is 0. The van der Waals surface area contributed by atoms with Crippen LogP contribution in [0.3, 0.4) is 0 Å². The molecule has 0 saturated heterocycles. The molecule has 0 aliphatic heterocycles. The molecule has 0 radical (unpaired) electrons. The van der Waals surface area contributed by atoms with Crippen molar-refractivity contribution < 1.29 is 13.5 Å². The molecule has 188 valence electrons. The predicted octanol–water partition coefficient (Wildman–Crippen LogP) is 9.36. The van der Waals surface area contributed by atoms with Gasteiger partial charge in [-0.25, -0.2) is 4.39 Å². The molecule has 1 unspecified atom stereocenters. The van der Waals surface area contributed by atoms with E-state index in [1.54, 1.807) is 13.0 Å². The summed E-state index contributed by atoms with van der Waals surface area (Å²) in [6.07, 6.45) is 14.7. The van der Waals surface area contributed by atoms with E-state index in [1.807, 2.05) is 24.3 Å². The van der Waals surface area contributed by atoms with Crippen molar-refractivity contribution >= 4 is 5.57 Å². The van der Waals surface area contributed by atoms with Crippen LogP contribution < -0.4 is 4.74 Å². The van der Waals surface area contributed by atoms with Gasteiger partial charge in [-0.15, -0.1) is 0 Å². The van der Waals surface area contributed by atoms with E-state index in [0.29, 0.717) is 18.1 Å². The average Bonchev–Trinajstić information content (AvgIpc) is 2.91. The lowest BCUT2D eigenvalue weighted by Gasteiger charge is -2.19. The minimum atomic E-state index is -0.932. The maximum atomic E-state index is 14.5. The highest BCUT2D eigenvalue weighted by Gasteiger charge is 2.16. The topological polar surface area (TPSA) is 9.23 Å². The van der Waals surface area contributed by atoms with E-state index >= 15 is 0 Å². The third-order valence-corrected chi connectivity index (χ3v) is 6.93. The summed E-state index contributed by atoms with van der Waals surface area (Å²) < 4.78 is 33.8. The van der Waals surface area contributed by atoms with Crippen molar-refractivity contribution in [2.45, 2.75) is 58.8 Å². The molecule has 1 atom stereocenters. The number of rotatable bonds is 10. The molecule has 4 rings (SSSR count). The first-order valence-corrected chi connectivity index (χ1v) is 13.2. The van der Waals surface area contributed by atoms with Crippen LogP contribution in [-0.4, -0.2) is 6.61 Å². The monoisotopic (exact) mass is 486 g/mol. The zero-order valence-corrected chi connectivity index (χ0v) is 21.4. The fourth-order valence-corrected chi connectivity index (χ4v) is 4.88. The normalized spacial score (nSPS) is 15.8. The Kier molecular flexibility index (Phi) is 9.11. The second-order valence-corrected chi connectivity index (χ2v) is 9.55. The average molecular weight is 487 g/mol. The van der Waals surface area contributed by atoms with Crippen LogP contribution in [0.5, 0.6) is 5.75 Å². The molecule has 0 amide bonds. The molecule has 0 spiro atoms. The van der Waals surface area contributed by atoms with E-state index < -0.39 is 11.6 Å². The van der Waals surface area contributed by atoms with Gasteiger partial charge in [0.15, 0.2) is 11.6 Å². The molecule has 1 aliphatic rings. The van der Waals surface area contributed by atoms with Gasteiger partial charge in [-0.05, 0) is 91.3 Å². The summed E-state index contributed by atoms with van der Waals surface area (Å²) in [6, 6.07) is 19.9. The molecule has 3 aromatic rings. The summed E-state index contributed by atoms with van der Waals surface area (Å²) in [4.78, 5) is 0. The lowest BCUT2D eigenvalue weighted by molar-refractivity contribution is 0.314. The molecule has 0 bridgehead atoms. The Morgan fingerprint density at radius 2 is 1.53 bits per heavy atom. The number of halogens is 2. The van der Waals surface area contributed by atoms with Gasteiger partial charge in [-0.3, -0.25) is 0 Å². The molecule has 3 heteroatoms. The first kappa shape index (κ1) is 25.9. The van der Waals surface area contributed by atoms with Crippen LogP contribution in [-0.2, 0) is 12.8 Å². The number of hydrogen-bond acceptors (Lipinski definition) is 1. The van der Waals surface area contributed by atoms with Crippen LogP contribution in [0.4, 0.5) is 8.78 Å². The minimum absolute atomic E-state index is 0.0482. The number of ether oxygens (including phenoxy) is 1. The summed E-state index contributed by atoms with van der Waals surface area (Å²) in [6.45, 7) is 4.26. The van der Waals surface area contributed by atoms with E-state index in [0.717, 1.165) is 32.1 Å². The largest absolute Gasteiger partial charge is 0.491 e. The summed E-state index contributed by atoms with van der Waals surface area (Å²) in [7, 11) is 0. The highest BCUT2D eigenvalue weighted by Crippen LogP contribution is 2.32. The van der Waals surface area contributed by atoms with Gasteiger partial charge in [-0.2, -0.15) is 4.39 Å². The number of hydrogen-bond donors (Lipinski definition) is 0. The molecule has 0 N–H and O–H groups in total. The van der Waals surface area contributed by atoms with Crippen molar-refractivity contribution in [3.63, 3.8) is 0 Å². The zero-order valence-electron chi connectivity index (χ0n) is 21.4. The Balaban J connectivity index is 1.27. The second kappa shape index (κ2) is 12.7. The molecule has 36 heavy (non-hydrogen) atoms. The number of aryl methyl sites for hydroxylation is 2. The molecule has 0 heterocycles. The Morgan fingerprint density at radius 3 is 2.17 bits per heavy atom. The Bertz CT molecular complexity index is 1190. The van der Waals surface area contributed by atoms with Crippen LogP contribution in [0.1, 0.15) is 62.6 Å². The van der Waals surface area contributed by atoms with Gasteiger partial charge in [0.05, 0.1) is 6.61 Å². The molecule has 0 saturated carbocycles. The summed E-state index contributed by atoms with van der Waals surface area (Å²) in [5, 5.41) is 0. The van der Waals surface area contributed by atoms with E-state index in [1.165, 1.54) is 41.2 Å². The Labute approximate surface area is 214 Å². The number of benzene rings is 3. The smallest absolute Gasteiger partial charge is 0.201 e. The van der Waals surface area contributed by atoms with Gasteiger partial charge in [-0.1, -0.05) is 80.1 Å². The van der Waals surface area contributed by atoms with E-state index in [2.05, 4.69) is 49.4 Å². The fraction of sp³-hybridized carbons (Fsp3) is 0.333. The minimum Gasteiger partial charge on any atom is -0.491 e. The molecule has 0 fully saturated rings. The van der Waals surface area contributed by atoms with Crippen molar-refractivity contribution in [3.8, 4) is 16.9 Å². The molecule has 1 nitrogen and oxygen atoms in total. The Hall–Kier alpha value is -3.20. The quantitative estimate of drug-likeness (QED) is 0.259. The summed E-state index contributed by atoms with van der Waals surface area (Å²) in [5.41, 5.74) is 6.38. The molecular formula is C33H36F2O. The Morgan fingerprint density at radius 1 is 0.833 bits per heavy atom. The van der Waals surface area contributed by atoms with Crippen LogP contribution in [0.25, 0.3) is 16.7 Å². The van der Waals surface area contributed by atoms with Crippen molar-refractivity contribution in [2.24, 2.45) is 5.92 Å². The van der Waals surface area contributed by atoms with Crippen molar-refractivity contribution in [1.29, 1.82) is 0 Å². The van der Waals surface area contributed by atoms with Gasteiger partial charge in [0.25, 0.3) is 0 Å². The van der Waals surface area contributed by atoms with Crippen molar-refractivity contribution in [2.75, 3.05) is 6.61 Å². The molecule has 3 aromatic carbocycles. The molecule has 0 aromatic heterocycles. The van der Waals surface area contributed by atoms with Gasteiger partial charge >= 0.3 is 0 Å². The maximum Gasteiger partial charge on any atom is 0.201 e. The van der Waals surface area contributed by atoms with Gasteiger partial charge in [0, 0.05) is 5.56 Å². The van der Waals surface area contributed by atoms with Crippen LogP contribution in [0, 0.1) is 17.6 Å². The fourth-order valence-electron chi connectivity index (χ4n) is 4.88. The second-order valence-electron chi connectivity index (χ2n) is 9.55. The SMILES string of the molecule is CCCc1ccc(C2=CCC(/C=C/CCc3ccc(-c4ccc(OCC)c(F)c4F)cc3)CC2)cc1. The molecular weight excluding hydrogens is 450 g/mol. The van der Waals surface area contributed by atoms with Crippen molar-refractivity contribution in [1.82, 2.24) is 0 Å². The number of allylic oxidation sites excluding steroid dienone is 4. The molecule has 1 aliphatic carbocycles. The maximum absolute atomic E-state index is 14.5. The standard InChI is InChI=1S/C33H36F2O/c1-3-7-24-10-16-27(17-11-24)28-18-12-25(13-19-28)8-5-6-9-26-14-20-29(21-15-26)30-22-23-31(36-4-2)33(35)32(30)34/h5,8,10-11,14-18,20-23,25H,3-4,6-7,9,12-13,19H2,1-2H3/b8-5+.